The van der Waals surface area contributed by atoms with Gasteiger partial charge in [0.1, 0.15) is 12.1 Å². The van der Waals surface area contributed by atoms with Crippen molar-refractivity contribution in [1.29, 1.82) is 0 Å². The van der Waals surface area contributed by atoms with Crippen LogP contribution in [0.5, 0.6) is 0 Å². The van der Waals surface area contributed by atoms with E-state index in [-0.39, 0.29) is 41.5 Å². The summed E-state index contributed by atoms with van der Waals surface area (Å²) >= 11 is 0. The topological polar surface area (TPSA) is 58.6 Å². The zero-order chi connectivity index (χ0) is 15.8. The molecule has 0 aromatic heterocycles. The highest BCUT2D eigenvalue weighted by Crippen LogP contribution is 2.31. The fraction of sp³-hybridized carbons (Fsp3) is 0.875. The van der Waals surface area contributed by atoms with Gasteiger partial charge >= 0.3 is 0 Å². The molecule has 0 radical (unpaired) electrons. The summed E-state index contributed by atoms with van der Waals surface area (Å²) in [4.78, 5) is 26.7. The zero-order valence-corrected chi connectivity index (χ0v) is 13.8. The summed E-state index contributed by atoms with van der Waals surface area (Å²) in [6, 6.07) is -0.769. The molecule has 3 unspecified atom stereocenters. The van der Waals surface area contributed by atoms with Crippen LogP contribution in [0.1, 0.15) is 53.9 Å². The molecule has 0 aromatic rings. The molecular formula is C16H28N2O3. The van der Waals surface area contributed by atoms with Crippen LogP contribution < -0.4 is 5.32 Å². The van der Waals surface area contributed by atoms with Crippen molar-refractivity contribution in [2.24, 2.45) is 5.92 Å². The summed E-state index contributed by atoms with van der Waals surface area (Å²) in [5.41, 5.74) is -0.122. The van der Waals surface area contributed by atoms with Gasteiger partial charge in [0, 0.05) is 6.54 Å². The minimum Gasteiger partial charge on any atom is -0.371 e. The average molecular weight is 296 g/mol. The van der Waals surface area contributed by atoms with Crippen LogP contribution in [-0.4, -0.2) is 47.0 Å². The van der Waals surface area contributed by atoms with Crippen LogP contribution in [0.4, 0.5) is 0 Å². The van der Waals surface area contributed by atoms with E-state index in [9.17, 15) is 9.59 Å². The maximum Gasteiger partial charge on any atom is 0.245 e. The van der Waals surface area contributed by atoms with Gasteiger partial charge < -0.3 is 15.0 Å². The van der Waals surface area contributed by atoms with Crippen LogP contribution in [0.15, 0.2) is 0 Å². The predicted molar refractivity (Wildman–Crippen MR) is 80.7 cm³/mol. The number of carbonyl (C=O) groups excluding carboxylic acids is 2. The van der Waals surface area contributed by atoms with Crippen molar-refractivity contribution in [1.82, 2.24) is 10.2 Å². The highest BCUT2D eigenvalue weighted by Gasteiger charge is 2.43. The van der Waals surface area contributed by atoms with E-state index in [1.54, 1.807) is 4.90 Å². The molecule has 2 rings (SSSR count). The van der Waals surface area contributed by atoms with Crippen LogP contribution in [0.25, 0.3) is 0 Å². The van der Waals surface area contributed by atoms with Crippen molar-refractivity contribution in [3.8, 4) is 0 Å². The quantitative estimate of drug-likeness (QED) is 0.859. The van der Waals surface area contributed by atoms with E-state index < -0.39 is 0 Å². The van der Waals surface area contributed by atoms with Crippen LogP contribution in [0, 0.1) is 5.92 Å². The smallest absolute Gasteiger partial charge is 0.245 e. The lowest BCUT2D eigenvalue weighted by Crippen LogP contribution is -2.65. The van der Waals surface area contributed by atoms with Crippen molar-refractivity contribution in [2.45, 2.75) is 77.7 Å². The third kappa shape index (κ3) is 3.39. The Hall–Kier alpha value is -1.10. The molecule has 21 heavy (non-hydrogen) atoms. The molecule has 0 bridgehead atoms. The Morgan fingerprint density at radius 2 is 2.05 bits per heavy atom. The Kier molecular flexibility index (Phi) is 4.61. The third-order valence-corrected chi connectivity index (χ3v) is 4.50. The summed E-state index contributed by atoms with van der Waals surface area (Å²) in [7, 11) is 0. The normalized spacial score (nSPS) is 32.7. The molecule has 2 heterocycles. The van der Waals surface area contributed by atoms with Crippen LogP contribution in [-0.2, 0) is 14.3 Å². The van der Waals surface area contributed by atoms with Gasteiger partial charge in [-0.2, -0.15) is 0 Å². The Morgan fingerprint density at radius 1 is 1.38 bits per heavy atom. The minimum atomic E-state index is -0.387. The molecular weight excluding hydrogens is 268 g/mol. The number of nitrogens with zero attached hydrogens (tertiary/aromatic N) is 1. The molecule has 120 valence electrons. The summed E-state index contributed by atoms with van der Waals surface area (Å²) in [5.74, 6) is 0.0963. The highest BCUT2D eigenvalue weighted by molar-refractivity contribution is 5.97. The molecule has 5 heteroatoms. The number of piperazine rings is 1. The Bertz CT molecular complexity index is 420. The fourth-order valence-corrected chi connectivity index (χ4v) is 3.37. The third-order valence-electron chi connectivity index (χ3n) is 4.50. The Labute approximate surface area is 127 Å². The molecule has 5 nitrogen and oxygen atoms in total. The van der Waals surface area contributed by atoms with E-state index in [0.717, 1.165) is 12.8 Å². The van der Waals surface area contributed by atoms with Crippen molar-refractivity contribution >= 4 is 11.8 Å². The van der Waals surface area contributed by atoms with Crippen molar-refractivity contribution in [3.63, 3.8) is 0 Å². The van der Waals surface area contributed by atoms with Gasteiger partial charge in [0.15, 0.2) is 0 Å². The SMILES string of the molecule is CCC1NC(=O)C(C(C)C)N(CC2CCC(C)(C)O2)C1=O. The second-order valence-electron chi connectivity index (χ2n) is 7.19. The van der Waals surface area contributed by atoms with Gasteiger partial charge in [-0.15, -0.1) is 0 Å². The first kappa shape index (κ1) is 16.3. The van der Waals surface area contributed by atoms with E-state index in [0.29, 0.717) is 13.0 Å². The monoisotopic (exact) mass is 296 g/mol. The molecule has 2 amide bonds. The van der Waals surface area contributed by atoms with E-state index in [1.165, 1.54) is 0 Å². The molecule has 2 fully saturated rings. The van der Waals surface area contributed by atoms with Gasteiger partial charge in [0.2, 0.25) is 11.8 Å². The average Bonchev–Trinajstić information content (AvgIpc) is 2.72. The van der Waals surface area contributed by atoms with Gasteiger partial charge in [0.05, 0.1) is 11.7 Å². The molecule has 2 aliphatic rings. The Morgan fingerprint density at radius 3 is 2.52 bits per heavy atom. The van der Waals surface area contributed by atoms with Crippen LogP contribution >= 0.6 is 0 Å². The molecule has 0 spiro atoms. The van der Waals surface area contributed by atoms with Gasteiger partial charge in [-0.1, -0.05) is 20.8 Å². The van der Waals surface area contributed by atoms with E-state index in [1.807, 2.05) is 20.8 Å². The van der Waals surface area contributed by atoms with E-state index >= 15 is 0 Å². The molecule has 0 aromatic carbocycles. The number of hydrogen-bond acceptors (Lipinski definition) is 3. The molecule has 0 saturated carbocycles. The van der Waals surface area contributed by atoms with E-state index in [4.69, 9.17) is 4.74 Å². The lowest BCUT2D eigenvalue weighted by molar-refractivity contribution is -0.154. The lowest BCUT2D eigenvalue weighted by atomic mass is 9.95. The summed E-state index contributed by atoms with van der Waals surface area (Å²) in [6.45, 7) is 10.6. The Balaban J connectivity index is 2.15. The molecule has 2 aliphatic heterocycles. The van der Waals surface area contributed by atoms with E-state index in [2.05, 4.69) is 19.2 Å². The predicted octanol–water partition coefficient (Wildman–Crippen LogP) is 1.71. The minimum absolute atomic E-state index is 0.0316. The van der Waals surface area contributed by atoms with Crippen molar-refractivity contribution in [2.75, 3.05) is 6.54 Å². The molecule has 3 atom stereocenters. The lowest BCUT2D eigenvalue weighted by Gasteiger charge is -2.41. The number of rotatable bonds is 4. The first-order valence-corrected chi connectivity index (χ1v) is 8.04. The first-order chi connectivity index (χ1) is 9.75. The second-order valence-corrected chi connectivity index (χ2v) is 7.19. The number of ether oxygens (including phenoxy) is 1. The van der Waals surface area contributed by atoms with Gasteiger partial charge in [-0.3, -0.25) is 9.59 Å². The first-order valence-electron chi connectivity index (χ1n) is 8.04. The largest absolute Gasteiger partial charge is 0.371 e. The summed E-state index contributed by atoms with van der Waals surface area (Å²) in [5, 5.41) is 2.85. The summed E-state index contributed by atoms with van der Waals surface area (Å²) in [6.07, 6.45) is 2.60. The number of nitrogens with one attached hydrogen (secondary N) is 1. The summed E-state index contributed by atoms with van der Waals surface area (Å²) < 4.78 is 6.01. The van der Waals surface area contributed by atoms with Crippen molar-refractivity contribution in [3.05, 3.63) is 0 Å². The molecule has 0 aliphatic carbocycles. The maximum absolute atomic E-state index is 12.6. The van der Waals surface area contributed by atoms with Gasteiger partial charge in [-0.05, 0) is 39.0 Å². The highest BCUT2D eigenvalue weighted by atomic mass is 16.5. The number of hydrogen-bond donors (Lipinski definition) is 1. The number of amides is 2. The van der Waals surface area contributed by atoms with Crippen molar-refractivity contribution < 1.29 is 14.3 Å². The maximum atomic E-state index is 12.6. The standard InChI is InChI=1S/C16H28N2O3/c1-6-12-15(20)18(13(10(2)3)14(19)17-12)9-11-7-8-16(4,5)21-11/h10-13H,6-9H2,1-5H3,(H,17,19). The zero-order valence-electron chi connectivity index (χ0n) is 13.8. The van der Waals surface area contributed by atoms with Crippen LogP contribution in [0.3, 0.4) is 0 Å². The van der Waals surface area contributed by atoms with Crippen LogP contribution in [0.2, 0.25) is 0 Å². The molecule has 1 N–H and O–H groups in total. The number of carbonyl (C=O) groups is 2. The van der Waals surface area contributed by atoms with Gasteiger partial charge in [0.25, 0.3) is 0 Å². The fourth-order valence-electron chi connectivity index (χ4n) is 3.37. The second kappa shape index (κ2) is 5.95. The van der Waals surface area contributed by atoms with Gasteiger partial charge in [-0.25, -0.2) is 0 Å². The molecule has 2 saturated heterocycles.